The number of esters is 1. The zero-order chi connectivity index (χ0) is 46.2. The fourth-order valence-electron chi connectivity index (χ4n) is 7.95. The molecule has 0 aromatic carbocycles. The number of rotatable bonds is 15. The van der Waals surface area contributed by atoms with E-state index < -0.39 is 119 Å². The van der Waals surface area contributed by atoms with Crippen molar-refractivity contribution in [2.45, 2.75) is 199 Å². The molecule has 0 spiro atoms. The van der Waals surface area contributed by atoms with Gasteiger partial charge in [-0.25, -0.2) is 14.4 Å². The van der Waals surface area contributed by atoms with E-state index in [1.807, 2.05) is 13.8 Å². The molecule has 10 atom stereocenters. The summed E-state index contributed by atoms with van der Waals surface area (Å²) in [5.41, 5.74) is -3.75. The Morgan fingerprint density at radius 1 is 0.823 bits per heavy atom. The fourth-order valence-corrected chi connectivity index (χ4v) is 7.95. The number of nitrogens with zero attached hydrogens (tertiary/aromatic N) is 2. The monoisotopic (exact) mass is 883 g/mol. The molecule has 4 aliphatic heterocycles. The van der Waals surface area contributed by atoms with E-state index in [-0.39, 0.29) is 19.6 Å². The van der Waals surface area contributed by atoms with Gasteiger partial charge in [-0.1, -0.05) is 13.8 Å². The minimum absolute atomic E-state index is 0.0273. The molecule has 4 aliphatic rings. The van der Waals surface area contributed by atoms with Gasteiger partial charge in [0.2, 0.25) is 0 Å². The van der Waals surface area contributed by atoms with E-state index in [9.17, 15) is 24.0 Å². The van der Waals surface area contributed by atoms with E-state index in [1.54, 1.807) is 88.1 Å². The molecule has 1 aromatic heterocycles. The van der Waals surface area contributed by atoms with Crippen molar-refractivity contribution in [3.63, 3.8) is 0 Å². The Morgan fingerprint density at radius 2 is 1.40 bits per heavy atom. The van der Waals surface area contributed by atoms with Gasteiger partial charge in [0.15, 0.2) is 24.1 Å². The first-order chi connectivity index (χ1) is 28.6. The van der Waals surface area contributed by atoms with Crippen molar-refractivity contribution in [1.82, 2.24) is 25.1 Å². The molecule has 5 rings (SSSR count). The Bertz CT molecular complexity index is 1840. The van der Waals surface area contributed by atoms with E-state index in [4.69, 9.17) is 47.4 Å². The summed E-state index contributed by atoms with van der Waals surface area (Å²) in [6.07, 6.45) is -7.62. The van der Waals surface area contributed by atoms with Crippen LogP contribution in [0.5, 0.6) is 0 Å². The van der Waals surface area contributed by atoms with E-state index in [0.29, 0.717) is 19.3 Å². The number of carbonyl (C=O) groups is 3. The van der Waals surface area contributed by atoms with Gasteiger partial charge in [-0.15, -0.1) is 0 Å². The maximum absolute atomic E-state index is 14.7. The van der Waals surface area contributed by atoms with Crippen LogP contribution in [0.25, 0.3) is 0 Å². The normalized spacial score (nSPS) is 28.8. The third-order valence-corrected chi connectivity index (χ3v) is 10.5. The van der Waals surface area contributed by atoms with Crippen LogP contribution in [0.15, 0.2) is 21.9 Å². The van der Waals surface area contributed by atoms with Crippen molar-refractivity contribution in [2.24, 2.45) is 0 Å². The predicted molar refractivity (Wildman–Crippen MR) is 221 cm³/mol. The predicted octanol–water partition coefficient (Wildman–Crippen LogP) is 3.45. The average Bonchev–Trinajstić information content (AvgIpc) is 3.84. The molecule has 3 N–H and O–H groups in total. The topological polar surface area (TPSA) is 226 Å². The molecular weight excluding hydrogens is 814 g/mol. The molecule has 0 saturated carbocycles. The number of aromatic nitrogens is 2. The van der Waals surface area contributed by atoms with Crippen molar-refractivity contribution in [3.8, 4) is 0 Å². The van der Waals surface area contributed by atoms with Gasteiger partial charge in [0.25, 0.3) is 5.56 Å². The van der Waals surface area contributed by atoms with Crippen molar-refractivity contribution in [1.29, 1.82) is 0 Å². The van der Waals surface area contributed by atoms with E-state index in [1.165, 1.54) is 16.8 Å². The molecule has 20 nitrogen and oxygen atoms in total. The second kappa shape index (κ2) is 18.8. The number of hydrogen-bond donors (Lipinski definition) is 3. The zero-order valence-corrected chi connectivity index (χ0v) is 38.7. The Balaban J connectivity index is 1.56. The van der Waals surface area contributed by atoms with Crippen LogP contribution in [-0.2, 0) is 52.2 Å². The molecule has 0 radical (unpaired) electrons. The van der Waals surface area contributed by atoms with Gasteiger partial charge in [-0.05, 0) is 102 Å². The molecule has 1 unspecified atom stereocenters. The number of carbonyl (C=O) groups excluding carboxylic acids is 3. The van der Waals surface area contributed by atoms with Crippen LogP contribution < -0.4 is 21.9 Å². The Morgan fingerprint density at radius 3 is 1.98 bits per heavy atom. The van der Waals surface area contributed by atoms with Gasteiger partial charge in [0.05, 0.1) is 0 Å². The summed E-state index contributed by atoms with van der Waals surface area (Å²) in [6, 6.07) is -0.0570. The summed E-state index contributed by atoms with van der Waals surface area (Å²) in [5, 5.41) is 5.53. The Kier molecular flexibility index (Phi) is 15.0. The van der Waals surface area contributed by atoms with Crippen molar-refractivity contribution in [3.05, 3.63) is 33.1 Å². The first-order valence-electron chi connectivity index (χ1n) is 21.5. The summed E-state index contributed by atoms with van der Waals surface area (Å²) >= 11 is 0. The number of likely N-dealkylation sites (N-methyl/N-ethyl adjacent to an activating group) is 1. The lowest BCUT2D eigenvalue weighted by Crippen LogP contribution is -2.59. The van der Waals surface area contributed by atoms with Crippen LogP contribution in [0.3, 0.4) is 0 Å². The molecular formula is C42H69N5O15. The highest BCUT2D eigenvalue weighted by atomic mass is 16.8. The molecule has 62 heavy (non-hydrogen) atoms. The molecule has 20 heteroatoms. The number of aromatic amines is 1. The second-order valence-electron chi connectivity index (χ2n) is 19.6. The lowest BCUT2D eigenvalue weighted by Gasteiger charge is -2.40. The summed E-state index contributed by atoms with van der Waals surface area (Å²) in [7, 11) is 1.71. The van der Waals surface area contributed by atoms with Crippen LogP contribution in [0, 0.1) is 0 Å². The Hall–Kier alpha value is -3.63. The zero-order valence-electron chi connectivity index (χ0n) is 38.7. The largest absolute Gasteiger partial charge is 0.459 e. The van der Waals surface area contributed by atoms with Crippen molar-refractivity contribution < 1.29 is 61.8 Å². The second-order valence-corrected chi connectivity index (χ2v) is 19.6. The van der Waals surface area contributed by atoms with Gasteiger partial charge in [-0.3, -0.25) is 24.0 Å². The van der Waals surface area contributed by atoms with Crippen LogP contribution in [-0.4, -0.2) is 143 Å². The summed E-state index contributed by atoms with van der Waals surface area (Å²) in [5.74, 6) is -2.85. The first kappa shape index (κ1) is 49.4. The van der Waals surface area contributed by atoms with E-state index in [0.717, 1.165) is 0 Å². The number of ether oxygens (including phenoxy) is 10. The smallest absolute Gasteiger partial charge is 0.407 e. The standard InChI is InChI=1S/C42H69N5O15/c1-15-42(16-2)58-26-23(22-44-37(52)62-40(9,10)11)53-34(31(26)59-42)55-27(25(33(49)60-38(3,4)5)46(14)20-17-19-43-36(51)61-39(6,7)8)28-29-30(57-41(12,13)56-29)32(54-28)47-21-18-24(48)45-35(47)50/h18,21,23,25-32,34H,15-17,19-20,22H2,1-14H3,(H,43,51)(H,44,52)(H,45,48,50)/t23-,25+,26-,27?,28-,29-,30-,31-,32-,34+/m1/s1. The molecule has 0 aliphatic carbocycles. The summed E-state index contributed by atoms with van der Waals surface area (Å²) in [4.78, 5) is 69.4. The SMILES string of the molecule is CCC1(CC)O[C@H]2[C@H](OC([C@H]3O[C@@H](n4ccc(=O)[nH]c4=O)[C@@H]4OC(C)(C)O[C@@H]43)[C@@H](C(=O)OC(C)(C)C)N(C)CCCNC(=O)OC(C)(C)C)O[C@H](CNC(=O)OC(C)(C)C)[C@H]2O1. The minimum atomic E-state index is -1.30. The molecule has 4 saturated heterocycles. The number of fused-ring (bicyclic) bond motifs is 2. The quantitative estimate of drug-likeness (QED) is 0.130. The van der Waals surface area contributed by atoms with Gasteiger partial charge in [0.1, 0.15) is 65.6 Å². The fraction of sp³-hybridized carbons (Fsp3) is 0.833. The average molecular weight is 884 g/mol. The number of alkyl carbamates (subject to hydrolysis) is 2. The summed E-state index contributed by atoms with van der Waals surface area (Å²) in [6.45, 7) is 23.5. The van der Waals surface area contributed by atoms with Crippen LogP contribution in [0.2, 0.25) is 0 Å². The lowest BCUT2D eigenvalue weighted by atomic mass is 9.97. The van der Waals surface area contributed by atoms with E-state index >= 15 is 0 Å². The van der Waals surface area contributed by atoms with Crippen LogP contribution in [0.1, 0.15) is 115 Å². The van der Waals surface area contributed by atoms with Crippen molar-refractivity contribution in [2.75, 3.05) is 26.7 Å². The Labute approximate surface area is 363 Å². The highest BCUT2D eigenvalue weighted by molar-refractivity contribution is 5.77. The maximum atomic E-state index is 14.7. The molecule has 352 valence electrons. The van der Waals surface area contributed by atoms with Gasteiger partial charge in [0, 0.05) is 31.9 Å². The molecule has 4 fully saturated rings. The molecule has 5 heterocycles. The van der Waals surface area contributed by atoms with E-state index in [2.05, 4.69) is 15.6 Å². The number of nitrogens with one attached hydrogen (secondary N) is 3. The van der Waals surface area contributed by atoms with Gasteiger partial charge >= 0.3 is 23.8 Å². The van der Waals surface area contributed by atoms with Crippen LogP contribution in [0.4, 0.5) is 9.59 Å². The molecule has 2 amide bonds. The third-order valence-electron chi connectivity index (χ3n) is 10.5. The van der Waals surface area contributed by atoms with Gasteiger partial charge in [-0.2, -0.15) is 0 Å². The number of hydrogen-bond acceptors (Lipinski definition) is 16. The lowest BCUT2D eigenvalue weighted by molar-refractivity contribution is -0.279. The highest BCUT2D eigenvalue weighted by Crippen LogP contribution is 2.47. The summed E-state index contributed by atoms with van der Waals surface area (Å²) < 4.78 is 64.5. The number of H-pyrrole nitrogens is 1. The molecule has 1 aromatic rings. The minimum Gasteiger partial charge on any atom is -0.459 e. The van der Waals surface area contributed by atoms with Crippen LogP contribution >= 0.6 is 0 Å². The van der Waals surface area contributed by atoms with Gasteiger partial charge < -0.3 is 58.0 Å². The maximum Gasteiger partial charge on any atom is 0.407 e. The van der Waals surface area contributed by atoms with Crippen molar-refractivity contribution >= 4 is 18.2 Å². The number of amides is 2. The molecule has 0 bridgehead atoms. The third kappa shape index (κ3) is 12.3. The highest BCUT2D eigenvalue weighted by Gasteiger charge is 2.63. The first-order valence-corrected chi connectivity index (χ1v) is 21.5.